The first-order valence-electron chi connectivity index (χ1n) is 8.27. The largest absolute Gasteiger partial charge is 0.448 e. The van der Waals surface area contributed by atoms with Gasteiger partial charge in [0.25, 0.3) is 11.8 Å². The van der Waals surface area contributed by atoms with Crippen LogP contribution in [0.15, 0.2) is 35.9 Å². The van der Waals surface area contributed by atoms with Gasteiger partial charge in [-0.2, -0.15) is 13.2 Å². The predicted molar refractivity (Wildman–Crippen MR) is 104 cm³/mol. The maximum absolute atomic E-state index is 12.9. The Bertz CT molecular complexity index is 1190. The summed E-state index contributed by atoms with van der Waals surface area (Å²) in [6.07, 6.45) is -3.89. The summed E-state index contributed by atoms with van der Waals surface area (Å²) in [5.74, 6) is -3.05. The van der Waals surface area contributed by atoms with E-state index in [-0.39, 0.29) is 27.4 Å². The number of imide groups is 2. The Morgan fingerprint density at radius 2 is 1.66 bits per heavy atom. The Morgan fingerprint density at radius 1 is 1.03 bits per heavy atom. The van der Waals surface area contributed by atoms with Crippen molar-refractivity contribution in [1.82, 2.24) is 10.6 Å². The van der Waals surface area contributed by atoms with Gasteiger partial charge < -0.3 is 4.74 Å². The highest BCUT2D eigenvalue weighted by molar-refractivity contribution is 6.36. The fraction of sp³-hybridized carbons (Fsp3) is 0.0556. The van der Waals surface area contributed by atoms with Gasteiger partial charge in [-0.25, -0.2) is 4.79 Å². The summed E-state index contributed by atoms with van der Waals surface area (Å²) in [4.78, 5) is 45.4. The number of carbonyl (C=O) groups is 3. The quantitative estimate of drug-likeness (QED) is 0.282. The van der Waals surface area contributed by atoms with E-state index in [0.29, 0.717) is 6.07 Å². The lowest BCUT2D eigenvalue weighted by atomic mass is 10.1. The van der Waals surface area contributed by atoms with Crippen molar-refractivity contribution in [2.45, 2.75) is 6.18 Å². The molecule has 2 aromatic rings. The molecule has 4 amide bonds. The van der Waals surface area contributed by atoms with Gasteiger partial charge >= 0.3 is 17.9 Å². The highest BCUT2D eigenvalue weighted by Gasteiger charge is 2.34. The summed E-state index contributed by atoms with van der Waals surface area (Å²) in [5.41, 5.74) is -2.95. The second-order valence-corrected chi connectivity index (χ2v) is 6.98. The zero-order chi connectivity index (χ0) is 23.8. The third kappa shape index (κ3) is 4.81. The van der Waals surface area contributed by atoms with Gasteiger partial charge in [0.2, 0.25) is 5.75 Å². The van der Waals surface area contributed by atoms with E-state index in [1.807, 2.05) is 10.6 Å². The number of hydrogen-bond acceptors (Lipinski definition) is 6. The van der Waals surface area contributed by atoms with E-state index in [1.165, 1.54) is 12.1 Å². The van der Waals surface area contributed by atoms with Crippen LogP contribution in [0.5, 0.6) is 11.5 Å². The van der Waals surface area contributed by atoms with E-state index in [2.05, 4.69) is 0 Å². The van der Waals surface area contributed by atoms with Gasteiger partial charge in [0.1, 0.15) is 5.57 Å². The molecule has 3 rings (SSSR count). The molecule has 9 nitrogen and oxygen atoms in total. The Labute approximate surface area is 185 Å². The topological polar surface area (TPSA) is 128 Å². The maximum Gasteiger partial charge on any atom is 0.416 e. The number of nitro groups is 1. The van der Waals surface area contributed by atoms with Crippen molar-refractivity contribution in [3.05, 3.63) is 67.2 Å². The van der Waals surface area contributed by atoms with Crippen molar-refractivity contribution in [3.8, 4) is 11.5 Å². The minimum absolute atomic E-state index is 0.0174. The summed E-state index contributed by atoms with van der Waals surface area (Å²) in [5, 5.41) is 14.8. The van der Waals surface area contributed by atoms with Crippen LogP contribution in [0.4, 0.5) is 23.7 Å². The number of urea groups is 1. The van der Waals surface area contributed by atoms with Crippen molar-refractivity contribution < 1.29 is 37.2 Å². The summed E-state index contributed by atoms with van der Waals surface area (Å²) in [6, 6.07) is 2.88. The highest BCUT2D eigenvalue weighted by atomic mass is 35.5. The molecule has 32 heavy (non-hydrogen) atoms. The molecular weight excluding hydrogens is 482 g/mol. The van der Waals surface area contributed by atoms with Gasteiger partial charge in [-0.1, -0.05) is 23.2 Å². The number of carbonyl (C=O) groups excluding carboxylic acids is 3. The minimum atomic E-state index is -4.84. The monoisotopic (exact) mass is 489 g/mol. The van der Waals surface area contributed by atoms with Crippen LogP contribution in [0.2, 0.25) is 10.0 Å². The standard InChI is InChI=1S/C18H8Cl2F3N3O6/c19-9-3-7(4-10-15(27)24-17(29)25-16(10)28)14(11(20)6-9)32-13-2-1-8(18(21,22)23)5-12(13)26(30)31/h1-6H,(H2,24,25,27,28,29). The molecule has 166 valence electrons. The lowest BCUT2D eigenvalue weighted by Crippen LogP contribution is -2.51. The molecule has 1 saturated heterocycles. The molecule has 0 radical (unpaired) electrons. The van der Waals surface area contributed by atoms with Gasteiger partial charge in [0.15, 0.2) is 5.75 Å². The molecule has 0 atom stereocenters. The number of benzene rings is 2. The average Bonchev–Trinajstić information content (AvgIpc) is 2.66. The number of nitrogens with one attached hydrogen (secondary N) is 2. The molecule has 0 aliphatic carbocycles. The lowest BCUT2D eigenvalue weighted by molar-refractivity contribution is -0.385. The molecule has 2 aromatic carbocycles. The molecular formula is C18H8Cl2F3N3O6. The third-order valence-corrected chi connectivity index (χ3v) is 4.47. The number of ether oxygens (including phenoxy) is 1. The van der Waals surface area contributed by atoms with Crippen LogP contribution >= 0.6 is 23.2 Å². The zero-order valence-electron chi connectivity index (χ0n) is 15.3. The minimum Gasteiger partial charge on any atom is -0.448 e. The van der Waals surface area contributed by atoms with Gasteiger partial charge in [-0.15, -0.1) is 0 Å². The number of nitro benzene ring substituents is 1. The molecule has 1 heterocycles. The van der Waals surface area contributed by atoms with Crippen LogP contribution in [0.25, 0.3) is 6.08 Å². The molecule has 1 aliphatic rings. The van der Waals surface area contributed by atoms with Crippen LogP contribution < -0.4 is 15.4 Å². The normalized spacial score (nSPS) is 14.0. The van der Waals surface area contributed by atoms with Gasteiger partial charge in [0.05, 0.1) is 15.5 Å². The lowest BCUT2D eigenvalue weighted by Gasteiger charge is -2.16. The van der Waals surface area contributed by atoms with E-state index in [9.17, 15) is 37.7 Å². The Kier molecular flexibility index (Phi) is 6.10. The van der Waals surface area contributed by atoms with Crippen molar-refractivity contribution in [2.75, 3.05) is 0 Å². The summed E-state index contributed by atoms with van der Waals surface area (Å²) < 4.78 is 44.2. The van der Waals surface area contributed by atoms with E-state index in [0.717, 1.165) is 12.1 Å². The molecule has 1 fully saturated rings. The molecule has 1 aliphatic heterocycles. The maximum atomic E-state index is 12.9. The van der Waals surface area contributed by atoms with Crippen molar-refractivity contribution in [1.29, 1.82) is 0 Å². The molecule has 0 aromatic heterocycles. The average molecular weight is 490 g/mol. The molecule has 14 heteroatoms. The van der Waals surface area contributed by atoms with Crippen LogP contribution in [0.3, 0.4) is 0 Å². The highest BCUT2D eigenvalue weighted by Crippen LogP contribution is 2.42. The van der Waals surface area contributed by atoms with E-state index in [4.69, 9.17) is 27.9 Å². The summed E-state index contributed by atoms with van der Waals surface area (Å²) in [6.45, 7) is 0. The fourth-order valence-corrected chi connectivity index (χ4v) is 3.14. The first-order chi connectivity index (χ1) is 14.9. The summed E-state index contributed by atoms with van der Waals surface area (Å²) in [7, 11) is 0. The number of barbiturate groups is 1. The van der Waals surface area contributed by atoms with Gasteiger partial charge in [0, 0.05) is 16.7 Å². The zero-order valence-corrected chi connectivity index (χ0v) is 16.8. The summed E-state index contributed by atoms with van der Waals surface area (Å²) >= 11 is 12.0. The molecule has 0 spiro atoms. The van der Waals surface area contributed by atoms with Crippen molar-refractivity contribution in [3.63, 3.8) is 0 Å². The molecule has 0 bridgehead atoms. The van der Waals surface area contributed by atoms with Crippen molar-refractivity contribution in [2.24, 2.45) is 0 Å². The first-order valence-corrected chi connectivity index (χ1v) is 9.03. The number of amides is 4. The van der Waals surface area contributed by atoms with Gasteiger partial charge in [-0.05, 0) is 30.3 Å². The van der Waals surface area contributed by atoms with E-state index < -0.39 is 51.5 Å². The third-order valence-electron chi connectivity index (χ3n) is 3.98. The SMILES string of the molecule is O=C1NC(=O)C(=Cc2cc(Cl)cc(Cl)c2Oc2ccc(C(F)(F)F)cc2[N+](=O)[O-])C(=O)N1. The van der Waals surface area contributed by atoms with Crippen LogP contribution in [0.1, 0.15) is 11.1 Å². The number of nitrogens with zero attached hydrogens (tertiary/aromatic N) is 1. The predicted octanol–water partition coefficient (Wildman–Crippen LogP) is 4.46. The number of halogens is 5. The van der Waals surface area contributed by atoms with E-state index in [1.54, 1.807) is 0 Å². The smallest absolute Gasteiger partial charge is 0.416 e. The number of alkyl halides is 3. The second kappa shape index (κ2) is 8.48. The van der Waals surface area contributed by atoms with E-state index >= 15 is 0 Å². The Hall–Kier alpha value is -3.64. The number of hydrogen-bond donors (Lipinski definition) is 2. The van der Waals surface area contributed by atoms with Crippen LogP contribution in [-0.4, -0.2) is 22.8 Å². The fourth-order valence-electron chi connectivity index (χ4n) is 2.59. The van der Waals surface area contributed by atoms with Crippen LogP contribution in [0, 0.1) is 10.1 Å². The van der Waals surface area contributed by atoms with Gasteiger partial charge in [-0.3, -0.25) is 30.3 Å². The molecule has 2 N–H and O–H groups in total. The number of rotatable bonds is 4. The second-order valence-electron chi connectivity index (χ2n) is 6.14. The molecule has 0 unspecified atom stereocenters. The van der Waals surface area contributed by atoms with Crippen LogP contribution in [-0.2, 0) is 15.8 Å². The Balaban J connectivity index is 2.12. The van der Waals surface area contributed by atoms with Crippen molar-refractivity contribution >= 4 is 52.8 Å². The molecule has 0 saturated carbocycles. The first kappa shape index (κ1) is 23.0. The Morgan fingerprint density at radius 3 is 2.22 bits per heavy atom.